The molecule has 0 amide bonds. The molecule has 8 nitrogen and oxygen atoms in total. The molecule has 0 spiro atoms. The summed E-state index contributed by atoms with van der Waals surface area (Å²) in [6, 6.07) is 3.83. The maximum absolute atomic E-state index is 5.12. The first-order valence-corrected chi connectivity index (χ1v) is 7.57. The molecule has 2 aromatic heterocycles. The van der Waals surface area contributed by atoms with E-state index in [0.29, 0.717) is 12.4 Å². The van der Waals surface area contributed by atoms with E-state index in [1.807, 2.05) is 16.7 Å². The Hall–Kier alpha value is -1.91. The molecule has 0 aliphatic carbocycles. The van der Waals surface area contributed by atoms with Crippen LogP contribution < -0.4 is 15.4 Å². The Labute approximate surface area is 159 Å². The van der Waals surface area contributed by atoms with Crippen LogP contribution in [-0.4, -0.2) is 46.4 Å². The van der Waals surface area contributed by atoms with Crippen molar-refractivity contribution in [3.63, 3.8) is 0 Å². The van der Waals surface area contributed by atoms with E-state index < -0.39 is 0 Å². The van der Waals surface area contributed by atoms with Crippen LogP contribution in [0.3, 0.4) is 0 Å². The number of aromatic nitrogens is 4. The van der Waals surface area contributed by atoms with E-state index in [4.69, 9.17) is 4.74 Å². The lowest BCUT2D eigenvalue weighted by Crippen LogP contribution is -2.38. The van der Waals surface area contributed by atoms with Gasteiger partial charge < -0.3 is 19.9 Å². The molecule has 0 aromatic carbocycles. The molecule has 24 heavy (non-hydrogen) atoms. The van der Waals surface area contributed by atoms with E-state index in [2.05, 4.69) is 37.7 Å². The molecule has 0 unspecified atom stereocenters. The number of hydrogen-bond donors (Lipinski definition) is 2. The number of nitrogens with one attached hydrogen (secondary N) is 2. The minimum absolute atomic E-state index is 0. The number of aryl methyl sites for hydroxylation is 1. The molecule has 0 saturated heterocycles. The lowest BCUT2D eigenvalue weighted by Gasteiger charge is -2.13. The van der Waals surface area contributed by atoms with Gasteiger partial charge in [0.05, 0.1) is 7.11 Å². The molecule has 2 aromatic rings. The number of halogens is 1. The molecule has 0 saturated carbocycles. The van der Waals surface area contributed by atoms with Gasteiger partial charge in [0.25, 0.3) is 0 Å². The number of guanidine groups is 1. The van der Waals surface area contributed by atoms with Crippen molar-refractivity contribution in [3.05, 3.63) is 36.0 Å². The average Bonchev–Trinajstić information content (AvgIpc) is 3.05. The van der Waals surface area contributed by atoms with Crippen molar-refractivity contribution in [2.45, 2.75) is 26.4 Å². The molecule has 2 heterocycles. The summed E-state index contributed by atoms with van der Waals surface area (Å²) < 4.78 is 7.15. The van der Waals surface area contributed by atoms with Crippen LogP contribution in [0.2, 0.25) is 0 Å². The third-order valence-corrected chi connectivity index (χ3v) is 3.35. The van der Waals surface area contributed by atoms with Crippen LogP contribution >= 0.6 is 24.0 Å². The summed E-state index contributed by atoms with van der Waals surface area (Å²) in [6.07, 6.45) is 4.35. The second-order valence-corrected chi connectivity index (χ2v) is 4.85. The molecule has 2 rings (SSSR count). The smallest absolute Gasteiger partial charge is 0.213 e. The summed E-state index contributed by atoms with van der Waals surface area (Å²) in [7, 11) is 3.36. The van der Waals surface area contributed by atoms with Gasteiger partial charge in [-0.25, -0.2) is 4.98 Å². The van der Waals surface area contributed by atoms with Gasteiger partial charge in [-0.05, 0) is 11.6 Å². The fourth-order valence-electron chi connectivity index (χ4n) is 2.11. The second-order valence-electron chi connectivity index (χ2n) is 4.85. The summed E-state index contributed by atoms with van der Waals surface area (Å²) in [5.41, 5.74) is 1.08. The van der Waals surface area contributed by atoms with Gasteiger partial charge in [0, 0.05) is 45.4 Å². The third kappa shape index (κ3) is 5.95. The second kappa shape index (κ2) is 10.8. The Morgan fingerprint density at radius 3 is 2.92 bits per heavy atom. The molecule has 0 atom stereocenters. The van der Waals surface area contributed by atoms with Crippen LogP contribution in [0, 0.1) is 0 Å². The number of hydrogen-bond acceptors (Lipinski definition) is 5. The monoisotopic (exact) mass is 445 g/mol. The van der Waals surface area contributed by atoms with Crippen LogP contribution in [0.25, 0.3) is 0 Å². The van der Waals surface area contributed by atoms with E-state index >= 15 is 0 Å². The maximum Gasteiger partial charge on any atom is 0.213 e. The standard InChI is InChI=1S/C15H23N7O.HI/c1-4-13-21-20-11-22(13)8-7-18-15(16-2)19-10-12-5-6-17-14(9-12)23-3;/h5-6,9,11H,4,7-8,10H2,1-3H3,(H2,16,18,19);1H. The molecule has 0 aliphatic rings. The quantitative estimate of drug-likeness (QED) is 0.379. The Morgan fingerprint density at radius 2 is 2.21 bits per heavy atom. The Morgan fingerprint density at radius 1 is 1.38 bits per heavy atom. The first-order chi connectivity index (χ1) is 11.3. The lowest BCUT2D eigenvalue weighted by atomic mass is 10.2. The zero-order valence-corrected chi connectivity index (χ0v) is 16.5. The minimum Gasteiger partial charge on any atom is -0.481 e. The number of methoxy groups -OCH3 is 1. The van der Waals surface area contributed by atoms with E-state index in [0.717, 1.165) is 36.9 Å². The van der Waals surface area contributed by atoms with E-state index in [1.165, 1.54) is 0 Å². The average molecular weight is 445 g/mol. The van der Waals surface area contributed by atoms with Gasteiger partial charge in [0.15, 0.2) is 5.96 Å². The van der Waals surface area contributed by atoms with Gasteiger partial charge in [0.2, 0.25) is 5.88 Å². The molecule has 2 N–H and O–H groups in total. The highest BCUT2D eigenvalue weighted by Gasteiger charge is 2.03. The SMILES string of the molecule is CCc1nncn1CCNC(=NC)NCc1ccnc(OC)c1.I. The predicted molar refractivity (Wildman–Crippen MR) is 104 cm³/mol. The van der Waals surface area contributed by atoms with Crippen molar-refractivity contribution in [2.75, 3.05) is 20.7 Å². The van der Waals surface area contributed by atoms with Crippen molar-refractivity contribution in [1.82, 2.24) is 30.4 Å². The molecule has 9 heteroatoms. The number of ether oxygens (including phenoxy) is 1. The molecule has 0 bridgehead atoms. The number of rotatable bonds is 7. The van der Waals surface area contributed by atoms with E-state index in [-0.39, 0.29) is 24.0 Å². The van der Waals surface area contributed by atoms with Gasteiger partial charge in [-0.15, -0.1) is 34.2 Å². The van der Waals surface area contributed by atoms with E-state index in [1.54, 1.807) is 26.7 Å². The Kier molecular flexibility index (Phi) is 9.05. The summed E-state index contributed by atoms with van der Waals surface area (Å²) in [5.74, 6) is 2.33. The zero-order chi connectivity index (χ0) is 16.5. The highest BCUT2D eigenvalue weighted by molar-refractivity contribution is 14.0. The van der Waals surface area contributed by atoms with Crippen molar-refractivity contribution in [1.29, 1.82) is 0 Å². The van der Waals surface area contributed by atoms with Crippen LogP contribution in [0.5, 0.6) is 5.88 Å². The van der Waals surface area contributed by atoms with Gasteiger partial charge in [-0.2, -0.15) is 0 Å². The van der Waals surface area contributed by atoms with Gasteiger partial charge in [-0.1, -0.05) is 6.92 Å². The normalized spacial score (nSPS) is 10.9. The van der Waals surface area contributed by atoms with Crippen molar-refractivity contribution < 1.29 is 4.74 Å². The third-order valence-electron chi connectivity index (χ3n) is 3.35. The highest BCUT2D eigenvalue weighted by Crippen LogP contribution is 2.07. The highest BCUT2D eigenvalue weighted by atomic mass is 127. The van der Waals surface area contributed by atoms with Crippen molar-refractivity contribution >= 4 is 29.9 Å². The number of nitrogens with zero attached hydrogens (tertiary/aromatic N) is 5. The number of aliphatic imine (C=N–C) groups is 1. The summed E-state index contributed by atoms with van der Waals surface area (Å²) >= 11 is 0. The molecule has 132 valence electrons. The zero-order valence-electron chi connectivity index (χ0n) is 14.2. The fourth-order valence-corrected chi connectivity index (χ4v) is 2.11. The van der Waals surface area contributed by atoms with Crippen LogP contribution in [-0.2, 0) is 19.5 Å². The lowest BCUT2D eigenvalue weighted by molar-refractivity contribution is 0.397. The van der Waals surface area contributed by atoms with Gasteiger partial charge in [-0.3, -0.25) is 4.99 Å². The maximum atomic E-state index is 5.12. The molecular formula is C15H24IN7O. The first kappa shape index (κ1) is 20.1. The molecule has 0 fully saturated rings. The largest absolute Gasteiger partial charge is 0.481 e. The molecular weight excluding hydrogens is 421 g/mol. The minimum atomic E-state index is 0. The predicted octanol–water partition coefficient (Wildman–Crippen LogP) is 1.23. The Bertz CT molecular complexity index is 644. The van der Waals surface area contributed by atoms with Gasteiger partial charge >= 0.3 is 0 Å². The summed E-state index contributed by atoms with van der Waals surface area (Å²) in [6.45, 7) is 4.24. The Balaban J connectivity index is 0.00000288. The van der Waals surface area contributed by atoms with E-state index in [9.17, 15) is 0 Å². The topological polar surface area (TPSA) is 89.2 Å². The molecule has 0 radical (unpaired) electrons. The van der Waals surface area contributed by atoms with Gasteiger partial charge in [0.1, 0.15) is 12.2 Å². The first-order valence-electron chi connectivity index (χ1n) is 7.57. The van der Waals surface area contributed by atoms with Crippen molar-refractivity contribution in [3.8, 4) is 5.88 Å². The molecule has 0 aliphatic heterocycles. The van der Waals surface area contributed by atoms with Crippen LogP contribution in [0.15, 0.2) is 29.6 Å². The van der Waals surface area contributed by atoms with Crippen LogP contribution in [0.1, 0.15) is 18.3 Å². The fraction of sp³-hybridized carbons (Fsp3) is 0.467. The summed E-state index contributed by atoms with van der Waals surface area (Å²) in [4.78, 5) is 8.30. The summed E-state index contributed by atoms with van der Waals surface area (Å²) in [5, 5.41) is 14.5. The van der Waals surface area contributed by atoms with Crippen molar-refractivity contribution in [2.24, 2.45) is 4.99 Å². The number of pyridine rings is 1. The van der Waals surface area contributed by atoms with Crippen LogP contribution in [0.4, 0.5) is 0 Å².